The number of nitrogens with one attached hydrogen (secondary N) is 13. The first kappa shape index (κ1) is 110. The summed E-state index contributed by atoms with van der Waals surface area (Å²) in [5, 5.41) is 52.8. The first-order valence-corrected chi connectivity index (χ1v) is 45.0. The maximum absolute atomic E-state index is 14.7. The Morgan fingerprint density at radius 2 is 0.882 bits per heavy atom. The number of imide groups is 1. The number of hydrogen-bond donors (Lipinski definition) is 23. The number of carbonyl (C=O) groups is 16. The lowest BCUT2D eigenvalue weighted by Gasteiger charge is -2.27. The van der Waals surface area contributed by atoms with Gasteiger partial charge in [0.05, 0.1) is 43.6 Å². The zero-order valence-electron chi connectivity index (χ0n) is 73.6. The second-order valence-electron chi connectivity index (χ2n) is 31.4. The highest BCUT2D eigenvalue weighted by Crippen LogP contribution is 2.27. The Labute approximate surface area is 746 Å². The van der Waals surface area contributed by atoms with Gasteiger partial charge in [-0.1, -0.05) is 145 Å². The van der Waals surface area contributed by atoms with Crippen LogP contribution < -0.4 is 115 Å². The van der Waals surface area contributed by atoms with Crippen molar-refractivity contribution >= 4 is 118 Å². The topological polar surface area (TPSA) is 706 Å². The van der Waals surface area contributed by atoms with E-state index in [1.165, 1.54) is 64.7 Å². The lowest BCUT2D eigenvalue weighted by Crippen LogP contribution is -2.61. The quantitative estimate of drug-likeness (QED) is 0.0129. The molecule has 3 rings (SSSR count). The summed E-state index contributed by atoms with van der Waals surface area (Å²) in [7, 11) is 0. The van der Waals surface area contributed by atoms with Crippen molar-refractivity contribution in [1.29, 1.82) is 0 Å². The molecule has 127 heavy (non-hydrogen) atoms. The largest absolute Gasteiger partial charge is 0.394 e. The van der Waals surface area contributed by atoms with Crippen LogP contribution in [-0.2, 0) is 89.6 Å². The number of thioether (sulfide) groups is 1. The number of likely N-dealkylation sites (tertiary alicyclic amines) is 1. The number of benzene rings is 2. The number of aliphatic hydroxyl groups is 2. The fourth-order valence-electron chi connectivity index (χ4n) is 13.3. The molecule has 2 aromatic carbocycles. The van der Waals surface area contributed by atoms with E-state index in [4.69, 9.17) is 45.9 Å². The molecule has 0 spiro atoms. The summed E-state index contributed by atoms with van der Waals surface area (Å²) in [6, 6.07) is 2.26. The smallest absolute Gasteiger partial charge is 0.245 e. The molecule has 43 heteroatoms. The lowest BCUT2D eigenvalue weighted by molar-refractivity contribution is -0.138. The van der Waals surface area contributed by atoms with E-state index in [0.717, 1.165) is 54.8 Å². The predicted octanol–water partition coefficient (Wildman–Crippen LogP) is -4.40. The van der Waals surface area contributed by atoms with Crippen molar-refractivity contribution in [3.8, 4) is 0 Å². The van der Waals surface area contributed by atoms with Gasteiger partial charge < -0.3 is 125 Å². The molecule has 1 unspecified atom stereocenters. The maximum atomic E-state index is 14.7. The summed E-state index contributed by atoms with van der Waals surface area (Å²) in [4.78, 5) is 228. The Bertz CT molecular complexity index is 3850. The average molecular weight is 1810 g/mol. The highest BCUT2D eigenvalue weighted by molar-refractivity contribution is 8.00. The second kappa shape index (κ2) is 63.7. The first-order valence-electron chi connectivity index (χ1n) is 43.9. The Hall–Kier alpha value is -11.1. The fraction of sp³-hybridized carbons (Fsp3) is 0.643. The van der Waals surface area contributed by atoms with E-state index in [1.54, 1.807) is 60.7 Å². The van der Waals surface area contributed by atoms with Crippen molar-refractivity contribution in [3.63, 3.8) is 0 Å². The van der Waals surface area contributed by atoms with Crippen LogP contribution in [0.2, 0.25) is 0 Å². The number of guanidine groups is 2. The second-order valence-corrected chi connectivity index (χ2v) is 32.6. The third kappa shape index (κ3) is 46.8. The van der Waals surface area contributed by atoms with Gasteiger partial charge in [-0.05, 0) is 122 Å². The number of aliphatic imine (C=N–C) groups is 2. The van der Waals surface area contributed by atoms with Gasteiger partial charge in [0.2, 0.25) is 94.5 Å². The molecule has 42 nitrogen and oxygen atoms in total. The molecular weight excluding hydrogens is 1670 g/mol. The minimum absolute atomic E-state index is 0.0245. The molecule has 0 radical (unpaired) electrons. The Balaban J connectivity index is 1.80. The fourth-order valence-corrected chi connectivity index (χ4v) is 14.5. The Morgan fingerprint density at radius 3 is 1.39 bits per heavy atom. The van der Waals surface area contributed by atoms with Gasteiger partial charge >= 0.3 is 0 Å². The normalized spacial score (nSPS) is 14.9. The molecule has 1 aliphatic rings. The van der Waals surface area contributed by atoms with Crippen molar-refractivity contribution in [2.45, 2.75) is 272 Å². The molecule has 31 N–H and O–H groups in total. The van der Waals surface area contributed by atoms with Crippen LogP contribution in [0, 0.1) is 0 Å². The summed E-state index contributed by atoms with van der Waals surface area (Å²) < 4.78 is 0. The number of primary amides is 1. The molecule has 0 saturated carbocycles. The summed E-state index contributed by atoms with van der Waals surface area (Å²) in [6.45, 7) is 1.84. The van der Waals surface area contributed by atoms with Crippen LogP contribution in [0.3, 0.4) is 0 Å². The number of aliphatic hydroxyl groups excluding tert-OH is 2. The number of carbonyl (C=O) groups excluding carboxylic acids is 16. The van der Waals surface area contributed by atoms with E-state index >= 15 is 0 Å². The third-order valence-electron chi connectivity index (χ3n) is 20.5. The van der Waals surface area contributed by atoms with Gasteiger partial charge in [-0.3, -0.25) is 91.6 Å². The SMILES string of the molecule is CCCCCCCCCCCCCCCC(=O)NCCCN1C(=O)CC(SC[C@H](NC(=O)[C@H](CO)NC(=O)[C@H](CCCCN)NC(=O)[C@H](CCCN=C(N)N)NC(=O)[C@H](C)NC(=O)CNC(=O)[C@@H](NC(=O)[C@H](Cc2ccccc2)NC(=O)CNC(=O)CNC(=O)[C@@H](N)Cc2ccccc2)[C@@H](C)O)C(=O)N[C@@H](CCCN=C(N)N)C(=O)N[C@@H](CCCCN)C(N)=O)C1=O. The lowest BCUT2D eigenvalue weighted by atomic mass is 10.0. The molecule has 0 bridgehead atoms. The molecule has 1 saturated heterocycles. The minimum Gasteiger partial charge on any atom is -0.394 e. The van der Waals surface area contributed by atoms with E-state index in [1.807, 2.05) is 0 Å². The van der Waals surface area contributed by atoms with Crippen LogP contribution in [0.5, 0.6) is 0 Å². The standard InChI is InChI=1S/C84H140N24O18S/c1-4-5-6-7-8-9-10-11-12-13-14-15-22-38-66(111)93-43-29-44-108-70(115)47-65(82(108)126)127-52-64(80(124)104-61(37-28-42-95-84(91)92)75(119)101-58(72(88)116)34-23-25-39-85)106-79(123)63(51-109)105-77(121)59(35-24-26-40-86)103-76(120)60(36-27-41-94-83(89)90)102-73(117)53(2)99-68(113)50-98-81(125)71(54(3)110)107-78(122)62(46-56-32-20-17-21-33-56)100-69(114)49-96-67(112)48-97-74(118)57(87)45-55-30-18-16-19-31-55/h16-21,30-33,53-54,57-65,71,109-110H,4-15,22-29,34-52,85-87H2,1-3H3,(H2,88,116)(H,93,111)(H,96,112)(H,97,118)(H,98,125)(H,99,113)(H,100,114)(H,101,119)(H,102,117)(H,103,120)(H,104,124)(H,105,121)(H,106,123)(H,107,122)(H4,89,90,94)(H4,91,92,95)/t53-,54+,57-,58-,59-,60-,61-,62-,63-,64-,65?,71-/m0/s1. The molecule has 710 valence electrons. The number of nitrogens with two attached hydrogens (primary N) is 8. The van der Waals surface area contributed by atoms with Crippen molar-refractivity contribution in [2.24, 2.45) is 55.9 Å². The van der Waals surface area contributed by atoms with Crippen molar-refractivity contribution < 1.29 is 86.9 Å². The Kier molecular flexibility index (Phi) is 55.2. The van der Waals surface area contributed by atoms with Crippen LogP contribution in [-0.4, -0.2) is 265 Å². The molecule has 1 heterocycles. The number of nitrogens with zero attached hydrogens (tertiary/aromatic N) is 3. The van der Waals surface area contributed by atoms with Gasteiger partial charge in [-0.25, -0.2) is 0 Å². The summed E-state index contributed by atoms with van der Waals surface area (Å²) in [5.74, 6) is -14.7. The van der Waals surface area contributed by atoms with Crippen LogP contribution in [0.15, 0.2) is 70.6 Å². The molecule has 16 amide bonds. The Morgan fingerprint density at radius 1 is 0.449 bits per heavy atom. The van der Waals surface area contributed by atoms with Crippen molar-refractivity contribution in [3.05, 3.63) is 71.8 Å². The number of amides is 16. The highest BCUT2D eigenvalue weighted by atomic mass is 32.2. The molecule has 12 atom stereocenters. The summed E-state index contributed by atoms with van der Waals surface area (Å²) >= 11 is 0.806. The van der Waals surface area contributed by atoms with E-state index in [9.17, 15) is 86.9 Å². The number of hydrogen-bond acceptors (Lipinski definition) is 24. The monoisotopic (exact) mass is 1810 g/mol. The zero-order valence-corrected chi connectivity index (χ0v) is 74.4. The van der Waals surface area contributed by atoms with Crippen LogP contribution >= 0.6 is 11.8 Å². The summed E-state index contributed by atoms with van der Waals surface area (Å²) in [5.41, 5.74) is 46.8. The average Bonchev–Trinajstić information content (AvgIpc) is 1.71. The number of unbranched alkanes of at least 4 members (excludes halogenated alkanes) is 14. The minimum atomic E-state index is -1.91. The van der Waals surface area contributed by atoms with E-state index < -0.39 is 192 Å². The van der Waals surface area contributed by atoms with Gasteiger partial charge in [0, 0.05) is 51.2 Å². The van der Waals surface area contributed by atoms with E-state index in [2.05, 4.69) is 86.0 Å². The van der Waals surface area contributed by atoms with E-state index in [-0.39, 0.29) is 128 Å². The third-order valence-corrected chi connectivity index (χ3v) is 21.8. The molecule has 1 fully saturated rings. The van der Waals surface area contributed by atoms with Crippen molar-refractivity contribution in [2.75, 3.05) is 71.3 Å². The van der Waals surface area contributed by atoms with E-state index in [0.29, 0.717) is 31.2 Å². The summed E-state index contributed by atoms with van der Waals surface area (Å²) in [6.07, 6.45) is 14.7. The van der Waals surface area contributed by atoms with Gasteiger partial charge in [0.15, 0.2) is 11.9 Å². The molecule has 1 aliphatic heterocycles. The molecular formula is C84H140N24O18S. The van der Waals surface area contributed by atoms with Crippen LogP contribution in [0.1, 0.15) is 199 Å². The van der Waals surface area contributed by atoms with Crippen LogP contribution in [0.4, 0.5) is 0 Å². The molecule has 0 aromatic heterocycles. The predicted molar refractivity (Wildman–Crippen MR) is 479 cm³/mol. The van der Waals surface area contributed by atoms with Gasteiger partial charge in [0.25, 0.3) is 0 Å². The molecule has 2 aromatic rings. The molecule has 0 aliphatic carbocycles. The highest BCUT2D eigenvalue weighted by Gasteiger charge is 2.41. The first-order chi connectivity index (χ1) is 60.7. The maximum Gasteiger partial charge on any atom is 0.245 e. The number of rotatable bonds is 68. The van der Waals surface area contributed by atoms with Gasteiger partial charge in [-0.2, -0.15) is 0 Å². The van der Waals surface area contributed by atoms with Gasteiger partial charge in [0.1, 0.15) is 54.4 Å². The zero-order chi connectivity index (χ0) is 94.0. The van der Waals surface area contributed by atoms with Crippen molar-refractivity contribution in [1.82, 2.24) is 74.0 Å². The van der Waals surface area contributed by atoms with Gasteiger partial charge in [-0.15, -0.1) is 11.8 Å². The van der Waals surface area contributed by atoms with Crippen LogP contribution in [0.25, 0.3) is 0 Å².